The van der Waals surface area contributed by atoms with Gasteiger partial charge in [0.05, 0.1) is 5.56 Å². The highest BCUT2D eigenvalue weighted by atomic mass is 32.1. The molecule has 3 aromatic rings. The van der Waals surface area contributed by atoms with Crippen molar-refractivity contribution in [1.29, 1.82) is 0 Å². The van der Waals surface area contributed by atoms with Crippen molar-refractivity contribution >= 4 is 22.9 Å². The third-order valence-electron chi connectivity index (χ3n) is 4.08. The molecule has 1 amide bonds. The Labute approximate surface area is 139 Å². The number of carbonyl (C=O) groups excluding carboxylic acids is 1. The first-order valence-corrected chi connectivity index (χ1v) is 8.50. The summed E-state index contributed by atoms with van der Waals surface area (Å²) in [5, 5.41) is 7.65. The Morgan fingerprint density at radius 2 is 1.78 bits per heavy atom. The number of nitrogens with zero attached hydrogens (tertiary/aromatic N) is 1. The fourth-order valence-electron chi connectivity index (χ4n) is 2.93. The van der Waals surface area contributed by atoms with Gasteiger partial charge in [0.15, 0.2) is 0 Å². The number of rotatable bonds is 3. The van der Waals surface area contributed by atoms with Crippen LogP contribution in [0.15, 0.2) is 71.4 Å². The lowest BCUT2D eigenvalue weighted by atomic mass is 10.0. The molecule has 0 bridgehead atoms. The lowest BCUT2D eigenvalue weighted by Gasteiger charge is -2.37. The van der Waals surface area contributed by atoms with Crippen molar-refractivity contribution in [3.8, 4) is 0 Å². The SMILES string of the molecule is O=C1c2ccccc2N[C@H](c2ccsc2)N1Cc1ccccc1. The second-order valence-corrected chi connectivity index (χ2v) is 6.35. The van der Waals surface area contributed by atoms with Gasteiger partial charge in [0, 0.05) is 17.8 Å². The summed E-state index contributed by atoms with van der Waals surface area (Å²) in [6.45, 7) is 0.585. The Balaban J connectivity index is 1.75. The van der Waals surface area contributed by atoms with Crippen LogP contribution in [0, 0.1) is 0 Å². The molecule has 3 nitrogen and oxygen atoms in total. The first-order chi connectivity index (χ1) is 11.3. The number of carbonyl (C=O) groups is 1. The van der Waals surface area contributed by atoms with E-state index in [-0.39, 0.29) is 12.1 Å². The Morgan fingerprint density at radius 3 is 2.57 bits per heavy atom. The number of benzene rings is 2. The molecule has 1 N–H and O–H groups in total. The van der Waals surface area contributed by atoms with E-state index in [4.69, 9.17) is 0 Å². The molecule has 0 aliphatic carbocycles. The molecule has 23 heavy (non-hydrogen) atoms. The van der Waals surface area contributed by atoms with Crippen LogP contribution in [0.2, 0.25) is 0 Å². The van der Waals surface area contributed by atoms with E-state index in [1.807, 2.05) is 52.7 Å². The first-order valence-electron chi connectivity index (χ1n) is 7.55. The lowest BCUT2D eigenvalue weighted by Crippen LogP contribution is -2.42. The van der Waals surface area contributed by atoms with Crippen molar-refractivity contribution < 1.29 is 4.79 Å². The van der Waals surface area contributed by atoms with E-state index in [1.54, 1.807) is 11.3 Å². The summed E-state index contributed by atoms with van der Waals surface area (Å²) in [4.78, 5) is 14.9. The van der Waals surface area contributed by atoms with Crippen molar-refractivity contribution in [2.45, 2.75) is 12.7 Å². The van der Waals surface area contributed by atoms with Crippen molar-refractivity contribution in [3.05, 3.63) is 88.1 Å². The van der Waals surface area contributed by atoms with Crippen LogP contribution in [0.3, 0.4) is 0 Å². The predicted octanol–water partition coefficient (Wildman–Crippen LogP) is 4.51. The number of amides is 1. The summed E-state index contributed by atoms with van der Waals surface area (Å²) in [6.07, 6.45) is -0.135. The maximum atomic E-state index is 13.0. The molecular formula is C19H16N2OS. The van der Waals surface area contributed by atoms with Gasteiger partial charge in [0.25, 0.3) is 5.91 Å². The number of fused-ring (bicyclic) bond motifs is 1. The Hall–Kier alpha value is -2.59. The van der Waals surface area contributed by atoms with Gasteiger partial charge in [-0.3, -0.25) is 4.79 Å². The fraction of sp³-hybridized carbons (Fsp3) is 0.105. The minimum absolute atomic E-state index is 0.0689. The van der Waals surface area contributed by atoms with E-state index in [9.17, 15) is 4.79 Å². The molecule has 0 fully saturated rings. The van der Waals surface area contributed by atoms with Crippen molar-refractivity contribution in [2.24, 2.45) is 0 Å². The maximum Gasteiger partial charge on any atom is 0.258 e. The number of para-hydroxylation sites is 1. The molecule has 114 valence electrons. The zero-order chi connectivity index (χ0) is 15.6. The van der Waals surface area contributed by atoms with E-state index in [0.717, 1.165) is 22.4 Å². The number of hydrogen-bond donors (Lipinski definition) is 1. The number of nitrogens with one attached hydrogen (secondary N) is 1. The van der Waals surface area contributed by atoms with Gasteiger partial charge in [-0.15, -0.1) is 0 Å². The maximum absolute atomic E-state index is 13.0. The van der Waals surface area contributed by atoms with E-state index >= 15 is 0 Å². The van der Waals surface area contributed by atoms with Crippen molar-refractivity contribution in [2.75, 3.05) is 5.32 Å². The summed E-state index contributed by atoms with van der Waals surface area (Å²) >= 11 is 1.65. The number of hydrogen-bond acceptors (Lipinski definition) is 3. The molecular weight excluding hydrogens is 304 g/mol. The van der Waals surface area contributed by atoms with Crippen LogP contribution in [0.4, 0.5) is 5.69 Å². The molecule has 0 spiro atoms. The van der Waals surface area contributed by atoms with Gasteiger partial charge in [0.1, 0.15) is 6.17 Å². The highest BCUT2D eigenvalue weighted by Crippen LogP contribution is 2.34. The number of anilines is 1. The molecule has 1 aromatic heterocycles. The monoisotopic (exact) mass is 320 g/mol. The largest absolute Gasteiger partial charge is 0.361 e. The minimum Gasteiger partial charge on any atom is -0.361 e. The molecule has 1 atom stereocenters. The average Bonchev–Trinajstić information content (AvgIpc) is 3.13. The zero-order valence-electron chi connectivity index (χ0n) is 12.5. The smallest absolute Gasteiger partial charge is 0.258 e. The first kappa shape index (κ1) is 14.0. The highest BCUT2D eigenvalue weighted by Gasteiger charge is 2.32. The second-order valence-electron chi connectivity index (χ2n) is 5.57. The average molecular weight is 320 g/mol. The molecule has 0 radical (unpaired) electrons. The molecule has 4 heteroatoms. The molecule has 2 aromatic carbocycles. The fourth-order valence-corrected chi connectivity index (χ4v) is 3.61. The lowest BCUT2D eigenvalue weighted by molar-refractivity contribution is 0.0667. The standard InChI is InChI=1S/C19H16N2OS/c22-19-16-8-4-5-9-17(16)20-18(15-10-11-23-13-15)21(19)12-14-6-2-1-3-7-14/h1-11,13,18,20H,12H2/t18-/m0/s1. The van der Waals surface area contributed by atoms with Crippen LogP contribution in [-0.2, 0) is 6.54 Å². The zero-order valence-corrected chi connectivity index (χ0v) is 13.3. The summed E-state index contributed by atoms with van der Waals surface area (Å²) in [5.41, 5.74) is 3.88. The summed E-state index contributed by atoms with van der Waals surface area (Å²) in [6, 6.07) is 19.9. The van der Waals surface area contributed by atoms with Gasteiger partial charge in [-0.05, 0) is 34.5 Å². The van der Waals surface area contributed by atoms with Crippen molar-refractivity contribution in [1.82, 2.24) is 4.90 Å². The van der Waals surface area contributed by atoms with Crippen LogP contribution in [0.25, 0.3) is 0 Å². The van der Waals surface area contributed by atoms with Gasteiger partial charge in [0.2, 0.25) is 0 Å². The third kappa shape index (κ3) is 2.62. The minimum atomic E-state index is -0.135. The summed E-state index contributed by atoms with van der Waals surface area (Å²) in [7, 11) is 0. The predicted molar refractivity (Wildman–Crippen MR) is 93.4 cm³/mol. The molecule has 1 aliphatic rings. The molecule has 0 saturated heterocycles. The normalized spacial score (nSPS) is 16.8. The quantitative estimate of drug-likeness (QED) is 0.770. The second kappa shape index (κ2) is 5.89. The molecule has 1 aliphatic heterocycles. The van der Waals surface area contributed by atoms with Crippen LogP contribution in [0.5, 0.6) is 0 Å². The van der Waals surface area contributed by atoms with Gasteiger partial charge in [-0.2, -0.15) is 11.3 Å². The van der Waals surface area contributed by atoms with Crippen LogP contribution >= 0.6 is 11.3 Å². The van der Waals surface area contributed by atoms with E-state index in [2.05, 4.69) is 28.9 Å². The Morgan fingerprint density at radius 1 is 1.00 bits per heavy atom. The van der Waals surface area contributed by atoms with Gasteiger partial charge < -0.3 is 10.2 Å². The topological polar surface area (TPSA) is 32.3 Å². The highest BCUT2D eigenvalue weighted by molar-refractivity contribution is 7.08. The summed E-state index contributed by atoms with van der Waals surface area (Å²) in [5.74, 6) is 0.0689. The van der Waals surface area contributed by atoms with Crippen LogP contribution in [-0.4, -0.2) is 10.8 Å². The van der Waals surface area contributed by atoms with Gasteiger partial charge in [-0.25, -0.2) is 0 Å². The van der Waals surface area contributed by atoms with Crippen LogP contribution in [0.1, 0.15) is 27.7 Å². The number of thiophene rings is 1. The van der Waals surface area contributed by atoms with E-state index < -0.39 is 0 Å². The van der Waals surface area contributed by atoms with Gasteiger partial charge in [-0.1, -0.05) is 42.5 Å². The molecule has 4 rings (SSSR count). The van der Waals surface area contributed by atoms with Crippen molar-refractivity contribution in [3.63, 3.8) is 0 Å². The molecule has 2 heterocycles. The van der Waals surface area contributed by atoms with E-state index in [0.29, 0.717) is 6.54 Å². The molecule has 0 saturated carbocycles. The Kier molecular flexibility index (Phi) is 3.60. The third-order valence-corrected chi connectivity index (χ3v) is 4.78. The van der Waals surface area contributed by atoms with Gasteiger partial charge >= 0.3 is 0 Å². The van der Waals surface area contributed by atoms with Crippen LogP contribution < -0.4 is 5.32 Å². The Bertz CT molecular complexity index is 814. The summed E-state index contributed by atoms with van der Waals surface area (Å²) < 4.78 is 0. The van der Waals surface area contributed by atoms with E-state index in [1.165, 1.54) is 0 Å². The molecule has 0 unspecified atom stereocenters.